The minimum atomic E-state index is -0.660. The molecule has 2 aromatic rings. The van der Waals surface area contributed by atoms with Crippen LogP contribution in [0.3, 0.4) is 0 Å². The number of hydrogen-bond acceptors (Lipinski definition) is 2. The summed E-state index contributed by atoms with van der Waals surface area (Å²) in [5.41, 5.74) is 8.08. The van der Waals surface area contributed by atoms with Crippen molar-refractivity contribution in [1.82, 2.24) is 10.6 Å². The van der Waals surface area contributed by atoms with Crippen LogP contribution in [0, 0.1) is 6.92 Å². The van der Waals surface area contributed by atoms with Gasteiger partial charge in [0.25, 0.3) is 0 Å². The zero-order valence-electron chi connectivity index (χ0n) is 14.3. The summed E-state index contributed by atoms with van der Waals surface area (Å²) in [6, 6.07) is 13.6. The second-order valence-corrected chi connectivity index (χ2v) is 6.40. The molecule has 25 heavy (non-hydrogen) atoms. The molecule has 6 heteroatoms. The van der Waals surface area contributed by atoms with Crippen LogP contribution in [-0.2, 0) is 4.79 Å². The molecule has 2 unspecified atom stereocenters. The number of aryl methyl sites for hydroxylation is 1. The lowest BCUT2D eigenvalue weighted by Gasteiger charge is -2.21. The molecule has 5 nitrogen and oxygen atoms in total. The molecular formula is C19H22ClN3O2. The first-order valence-electron chi connectivity index (χ1n) is 8.03. The average molecular weight is 360 g/mol. The number of primary amides is 1. The van der Waals surface area contributed by atoms with E-state index in [-0.39, 0.29) is 18.4 Å². The second-order valence-electron chi connectivity index (χ2n) is 5.96. The molecule has 3 amide bonds. The molecule has 0 aliphatic heterocycles. The van der Waals surface area contributed by atoms with E-state index in [1.807, 2.05) is 50.2 Å². The molecule has 0 heterocycles. The first kappa shape index (κ1) is 18.8. The molecule has 0 spiro atoms. The summed E-state index contributed by atoms with van der Waals surface area (Å²) >= 11 is 5.88. The summed E-state index contributed by atoms with van der Waals surface area (Å²) in [6.07, 6.45) is 0.103. The molecular weight excluding hydrogens is 338 g/mol. The Morgan fingerprint density at radius 3 is 2.32 bits per heavy atom. The number of halogens is 1. The normalized spacial score (nSPS) is 12.9. The number of urea groups is 1. The van der Waals surface area contributed by atoms with E-state index in [1.54, 1.807) is 12.1 Å². The first-order valence-corrected chi connectivity index (χ1v) is 8.41. The fourth-order valence-electron chi connectivity index (χ4n) is 2.71. The molecule has 0 saturated heterocycles. The highest BCUT2D eigenvalue weighted by Gasteiger charge is 2.20. The van der Waals surface area contributed by atoms with Gasteiger partial charge < -0.3 is 16.4 Å². The second kappa shape index (κ2) is 8.53. The summed E-state index contributed by atoms with van der Waals surface area (Å²) in [5, 5.41) is 6.23. The molecule has 0 aliphatic carbocycles. The predicted molar refractivity (Wildman–Crippen MR) is 99.3 cm³/mol. The Labute approximate surface area is 152 Å². The lowest BCUT2D eigenvalue weighted by molar-refractivity contribution is -0.122. The topological polar surface area (TPSA) is 84.2 Å². The fourth-order valence-corrected chi connectivity index (χ4v) is 2.83. The van der Waals surface area contributed by atoms with Gasteiger partial charge in [-0.1, -0.05) is 48.0 Å². The number of amides is 3. The van der Waals surface area contributed by atoms with Gasteiger partial charge in [0, 0.05) is 5.02 Å². The zero-order valence-corrected chi connectivity index (χ0v) is 15.0. The van der Waals surface area contributed by atoms with Crippen LogP contribution in [0.2, 0.25) is 5.02 Å². The lowest BCUT2D eigenvalue weighted by atomic mass is 9.98. The zero-order chi connectivity index (χ0) is 18.4. The van der Waals surface area contributed by atoms with Gasteiger partial charge >= 0.3 is 6.03 Å². The summed E-state index contributed by atoms with van der Waals surface area (Å²) in [6.45, 7) is 3.82. The average Bonchev–Trinajstić information content (AvgIpc) is 2.54. The molecule has 4 N–H and O–H groups in total. The molecule has 0 aromatic heterocycles. The van der Waals surface area contributed by atoms with Gasteiger partial charge in [0.15, 0.2) is 0 Å². The van der Waals surface area contributed by atoms with Crippen molar-refractivity contribution >= 4 is 23.5 Å². The maximum Gasteiger partial charge on any atom is 0.312 e. The van der Waals surface area contributed by atoms with Crippen molar-refractivity contribution in [2.45, 2.75) is 32.4 Å². The highest BCUT2D eigenvalue weighted by Crippen LogP contribution is 2.22. The first-order chi connectivity index (χ1) is 11.9. The SMILES string of the molecule is Cc1ccccc1C(CC(=O)NC(C)c1ccc(Cl)cc1)NC(N)=O. The van der Waals surface area contributed by atoms with Crippen molar-refractivity contribution in [3.05, 3.63) is 70.2 Å². The van der Waals surface area contributed by atoms with Crippen LogP contribution in [0.15, 0.2) is 48.5 Å². The van der Waals surface area contributed by atoms with Gasteiger partial charge in [0.05, 0.1) is 18.5 Å². The molecule has 2 aromatic carbocycles. The molecule has 0 fully saturated rings. The predicted octanol–water partition coefficient (Wildman–Crippen LogP) is 3.63. The Morgan fingerprint density at radius 2 is 1.72 bits per heavy atom. The van der Waals surface area contributed by atoms with Gasteiger partial charge in [-0.25, -0.2) is 4.79 Å². The molecule has 2 rings (SSSR count). The Hall–Kier alpha value is -2.53. The van der Waals surface area contributed by atoms with Crippen molar-refractivity contribution in [2.24, 2.45) is 5.73 Å². The standard InChI is InChI=1S/C19H22ClN3O2/c1-12-5-3-4-6-16(12)17(23-19(21)25)11-18(24)22-13(2)14-7-9-15(20)10-8-14/h3-10,13,17H,11H2,1-2H3,(H,22,24)(H3,21,23,25). The monoisotopic (exact) mass is 359 g/mol. The molecule has 0 bridgehead atoms. The largest absolute Gasteiger partial charge is 0.352 e. The smallest absolute Gasteiger partial charge is 0.312 e. The maximum absolute atomic E-state index is 12.4. The molecule has 0 aliphatic rings. The Balaban J connectivity index is 2.07. The van der Waals surface area contributed by atoms with Crippen molar-refractivity contribution in [1.29, 1.82) is 0 Å². The van der Waals surface area contributed by atoms with Crippen LogP contribution in [0.1, 0.15) is 42.1 Å². The van der Waals surface area contributed by atoms with Crippen molar-refractivity contribution in [3.8, 4) is 0 Å². The minimum Gasteiger partial charge on any atom is -0.352 e. The Morgan fingerprint density at radius 1 is 1.08 bits per heavy atom. The highest BCUT2D eigenvalue weighted by atomic mass is 35.5. The minimum absolute atomic E-state index is 0.103. The molecule has 2 atom stereocenters. The number of carbonyl (C=O) groups excluding carboxylic acids is 2. The number of rotatable bonds is 6. The van der Waals surface area contributed by atoms with Gasteiger partial charge in [-0.3, -0.25) is 4.79 Å². The van der Waals surface area contributed by atoms with Crippen LogP contribution in [0.4, 0.5) is 4.79 Å². The third-order valence-electron chi connectivity index (χ3n) is 4.02. The van der Waals surface area contributed by atoms with E-state index in [0.717, 1.165) is 16.7 Å². The van der Waals surface area contributed by atoms with Gasteiger partial charge in [-0.15, -0.1) is 0 Å². The van der Waals surface area contributed by atoms with E-state index in [9.17, 15) is 9.59 Å². The van der Waals surface area contributed by atoms with Gasteiger partial charge in [0.1, 0.15) is 0 Å². The highest BCUT2D eigenvalue weighted by molar-refractivity contribution is 6.30. The van der Waals surface area contributed by atoms with Crippen LogP contribution >= 0.6 is 11.6 Å². The number of nitrogens with two attached hydrogens (primary N) is 1. The van der Waals surface area contributed by atoms with Crippen molar-refractivity contribution in [2.75, 3.05) is 0 Å². The van der Waals surface area contributed by atoms with Crippen LogP contribution < -0.4 is 16.4 Å². The van der Waals surface area contributed by atoms with E-state index >= 15 is 0 Å². The van der Waals surface area contributed by atoms with Gasteiger partial charge in [0.2, 0.25) is 5.91 Å². The fraction of sp³-hybridized carbons (Fsp3) is 0.263. The Bertz CT molecular complexity index is 747. The number of hydrogen-bond donors (Lipinski definition) is 3. The number of nitrogens with one attached hydrogen (secondary N) is 2. The lowest BCUT2D eigenvalue weighted by Crippen LogP contribution is -2.37. The maximum atomic E-state index is 12.4. The van der Waals surface area contributed by atoms with E-state index in [0.29, 0.717) is 5.02 Å². The number of benzene rings is 2. The van der Waals surface area contributed by atoms with Crippen LogP contribution in [-0.4, -0.2) is 11.9 Å². The van der Waals surface area contributed by atoms with Crippen molar-refractivity contribution in [3.63, 3.8) is 0 Å². The van der Waals surface area contributed by atoms with Crippen molar-refractivity contribution < 1.29 is 9.59 Å². The van der Waals surface area contributed by atoms with Gasteiger partial charge in [-0.2, -0.15) is 0 Å². The van der Waals surface area contributed by atoms with E-state index in [1.165, 1.54) is 0 Å². The molecule has 0 saturated carbocycles. The molecule has 132 valence electrons. The van der Waals surface area contributed by atoms with E-state index in [4.69, 9.17) is 17.3 Å². The Kier molecular flexibility index (Phi) is 6.42. The summed E-state index contributed by atoms with van der Waals surface area (Å²) in [4.78, 5) is 23.8. The van der Waals surface area contributed by atoms with Crippen LogP contribution in [0.25, 0.3) is 0 Å². The third-order valence-corrected chi connectivity index (χ3v) is 4.27. The van der Waals surface area contributed by atoms with E-state index in [2.05, 4.69) is 10.6 Å². The van der Waals surface area contributed by atoms with Gasteiger partial charge in [-0.05, 0) is 42.7 Å². The third kappa shape index (κ3) is 5.50. The van der Waals surface area contributed by atoms with E-state index < -0.39 is 12.1 Å². The summed E-state index contributed by atoms with van der Waals surface area (Å²) < 4.78 is 0. The number of carbonyl (C=O) groups is 2. The van der Waals surface area contributed by atoms with Crippen LogP contribution in [0.5, 0.6) is 0 Å². The quantitative estimate of drug-likeness (QED) is 0.735. The molecule has 0 radical (unpaired) electrons. The summed E-state index contributed by atoms with van der Waals surface area (Å²) in [7, 11) is 0. The summed E-state index contributed by atoms with van der Waals surface area (Å²) in [5.74, 6) is -0.176.